The Morgan fingerprint density at radius 3 is 3.14 bits per heavy atom. The maximum Gasteiger partial charge on any atom is 0.185 e. The smallest absolute Gasteiger partial charge is 0.185 e. The van der Waals surface area contributed by atoms with Gasteiger partial charge in [0.1, 0.15) is 0 Å². The Bertz CT molecular complexity index is 279. The predicted octanol–water partition coefficient (Wildman–Crippen LogP) is 1.55. The molecule has 3 nitrogen and oxygen atoms in total. The van der Waals surface area contributed by atoms with Gasteiger partial charge in [-0.15, -0.1) is 11.3 Å². The zero-order chi connectivity index (χ0) is 9.80. The van der Waals surface area contributed by atoms with E-state index in [2.05, 4.69) is 9.88 Å². The number of thioether (sulfide) groups is 1. The molecule has 78 valence electrons. The molecule has 1 aliphatic rings. The van der Waals surface area contributed by atoms with E-state index in [1.165, 1.54) is 22.8 Å². The summed E-state index contributed by atoms with van der Waals surface area (Å²) in [4.78, 5) is 7.96. The second-order valence-electron chi connectivity index (χ2n) is 3.27. The molecule has 1 aromatic rings. The summed E-state index contributed by atoms with van der Waals surface area (Å²) in [5.41, 5.74) is 5.57. The van der Waals surface area contributed by atoms with Crippen LogP contribution in [0.15, 0.2) is 6.20 Å². The first kappa shape index (κ1) is 10.3. The van der Waals surface area contributed by atoms with Crippen LogP contribution in [0.4, 0.5) is 5.13 Å². The van der Waals surface area contributed by atoms with Crippen LogP contribution >= 0.6 is 23.1 Å². The second kappa shape index (κ2) is 5.00. The number of rotatable bonds is 2. The van der Waals surface area contributed by atoms with Gasteiger partial charge in [-0.2, -0.15) is 11.8 Å². The number of anilines is 1. The van der Waals surface area contributed by atoms with Gasteiger partial charge in [0.25, 0.3) is 0 Å². The molecule has 1 saturated heterocycles. The van der Waals surface area contributed by atoms with E-state index >= 15 is 0 Å². The number of nitrogens with zero attached hydrogens (tertiary/aromatic N) is 2. The van der Waals surface area contributed by atoms with Gasteiger partial charge in [-0.05, 0) is 12.2 Å². The first-order valence-electron chi connectivity index (χ1n) is 4.87. The van der Waals surface area contributed by atoms with Crippen LogP contribution in [-0.4, -0.2) is 29.6 Å². The molecule has 2 rings (SSSR count). The Morgan fingerprint density at radius 2 is 2.36 bits per heavy atom. The number of thiazole rings is 1. The lowest BCUT2D eigenvalue weighted by Gasteiger charge is -2.18. The Balaban J connectivity index is 2.04. The molecule has 2 heterocycles. The van der Waals surface area contributed by atoms with Crippen molar-refractivity contribution in [3.63, 3.8) is 0 Å². The van der Waals surface area contributed by atoms with Gasteiger partial charge in [-0.25, -0.2) is 4.98 Å². The summed E-state index contributed by atoms with van der Waals surface area (Å²) in [5.74, 6) is 2.50. The molecule has 0 aliphatic carbocycles. The fraction of sp³-hybridized carbons (Fsp3) is 0.667. The lowest BCUT2D eigenvalue weighted by atomic mass is 10.4. The number of hydrogen-bond donors (Lipinski definition) is 1. The lowest BCUT2D eigenvalue weighted by Crippen LogP contribution is -2.25. The molecule has 0 bridgehead atoms. The zero-order valence-electron chi connectivity index (χ0n) is 8.11. The summed E-state index contributed by atoms with van der Waals surface area (Å²) in [5, 5.41) is 1.15. The predicted molar refractivity (Wildman–Crippen MR) is 64.2 cm³/mol. The number of aromatic nitrogens is 1. The molecule has 0 radical (unpaired) electrons. The standard InChI is InChI=1S/C9H15N3S2/c10-6-8-7-11-9(14-8)12-2-1-4-13-5-3-12/h7H,1-6,10H2. The first-order valence-corrected chi connectivity index (χ1v) is 6.85. The van der Waals surface area contributed by atoms with E-state index in [-0.39, 0.29) is 0 Å². The highest BCUT2D eigenvalue weighted by Crippen LogP contribution is 2.24. The molecule has 0 saturated carbocycles. The van der Waals surface area contributed by atoms with Gasteiger partial charge in [0.15, 0.2) is 5.13 Å². The average Bonchev–Trinajstić information content (AvgIpc) is 2.53. The molecule has 0 amide bonds. The van der Waals surface area contributed by atoms with E-state index in [0.717, 1.165) is 18.2 Å². The van der Waals surface area contributed by atoms with Crippen LogP contribution < -0.4 is 10.6 Å². The summed E-state index contributed by atoms with van der Waals surface area (Å²) in [6, 6.07) is 0. The third kappa shape index (κ3) is 2.40. The molecule has 0 aromatic carbocycles. The van der Waals surface area contributed by atoms with Crippen molar-refractivity contribution in [1.29, 1.82) is 0 Å². The van der Waals surface area contributed by atoms with E-state index in [4.69, 9.17) is 5.73 Å². The van der Waals surface area contributed by atoms with Gasteiger partial charge in [-0.3, -0.25) is 0 Å². The van der Waals surface area contributed by atoms with Crippen LogP contribution in [0.1, 0.15) is 11.3 Å². The summed E-state index contributed by atoms with van der Waals surface area (Å²) < 4.78 is 0. The van der Waals surface area contributed by atoms with Gasteiger partial charge in [0.05, 0.1) is 0 Å². The Labute approximate surface area is 92.7 Å². The maximum absolute atomic E-state index is 5.57. The highest BCUT2D eigenvalue weighted by Gasteiger charge is 2.12. The highest BCUT2D eigenvalue weighted by atomic mass is 32.2. The fourth-order valence-electron chi connectivity index (χ4n) is 1.48. The SMILES string of the molecule is NCc1cnc(N2CCCSCC2)s1. The minimum absolute atomic E-state index is 0.611. The molecule has 1 aromatic heterocycles. The van der Waals surface area contributed by atoms with E-state index in [1.54, 1.807) is 11.3 Å². The van der Waals surface area contributed by atoms with Gasteiger partial charge in [-0.1, -0.05) is 0 Å². The summed E-state index contributed by atoms with van der Waals surface area (Å²) in [6.07, 6.45) is 3.17. The van der Waals surface area contributed by atoms with Crippen LogP contribution in [-0.2, 0) is 6.54 Å². The van der Waals surface area contributed by atoms with Gasteiger partial charge >= 0.3 is 0 Å². The van der Waals surface area contributed by atoms with Crippen molar-refractivity contribution in [1.82, 2.24) is 4.98 Å². The van der Waals surface area contributed by atoms with Crippen molar-refractivity contribution in [2.75, 3.05) is 29.5 Å². The first-order chi connectivity index (χ1) is 6.90. The summed E-state index contributed by atoms with van der Waals surface area (Å²) >= 11 is 3.77. The Morgan fingerprint density at radius 1 is 1.43 bits per heavy atom. The molecule has 5 heteroatoms. The Kier molecular flexibility index (Phi) is 3.67. The third-order valence-corrected chi connectivity index (χ3v) is 4.36. The minimum Gasteiger partial charge on any atom is -0.347 e. The lowest BCUT2D eigenvalue weighted by molar-refractivity contribution is 0.812. The molecule has 0 spiro atoms. The molecule has 14 heavy (non-hydrogen) atoms. The average molecular weight is 229 g/mol. The van der Waals surface area contributed by atoms with Crippen LogP contribution in [0.3, 0.4) is 0 Å². The van der Waals surface area contributed by atoms with Crippen LogP contribution in [0.25, 0.3) is 0 Å². The molecular formula is C9H15N3S2. The molecule has 0 atom stereocenters. The fourth-order valence-corrected chi connectivity index (χ4v) is 3.20. The molecular weight excluding hydrogens is 214 g/mol. The molecule has 2 N–H and O–H groups in total. The topological polar surface area (TPSA) is 42.1 Å². The third-order valence-electron chi connectivity index (χ3n) is 2.24. The van der Waals surface area contributed by atoms with E-state index in [9.17, 15) is 0 Å². The van der Waals surface area contributed by atoms with Crippen molar-refractivity contribution in [3.8, 4) is 0 Å². The summed E-state index contributed by atoms with van der Waals surface area (Å²) in [7, 11) is 0. The number of nitrogens with two attached hydrogens (primary N) is 1. The number of hydrogen-bond acceptors (Lipinski definition) is 5. The van der Waals surface area contributed by atoms with E-state index in [1.807, 2.05) is 18.0 Å². The molecule has 1 aliphatic heterocycles. The van der Waals surface area contributed by atoms with Crippen molar-refractivity contribution < 1.29 is 0 Å². The quantitative estimate of drug-likeness (QED) is 0.835. The van der Waals surface area contributed by atoms with Crippen molar-refractivity contribution >= 4 is 28.2 Å². The molecule has 1 fully saturated rings. The van der Waals surface area contributed by atoms with Crippen molar-refractivity contribution in [2.45, 2.75) is 13.0 Å². The van der Waals surface area contributed by atoms with Crippen LogP contribution in [0.5, 0.6) is 0 Å². The van der Waals surface area contributed by atoms with Crippen LogP contribution in [0.2, 0.25) is 0 Å². The van der Waals surface area contributed by atoms with Gasteiger partial charge < -0.3 is 10.6 Å². The van der Waals surface area contributed by atoms with Gasteiger partial charge in [0.2, 0.25) is 0 Å². The maximum atomic E-state index is 5.57. The Hall–Kier alpha value is -0.260. The zero-order valence-corrected chi connectivity index (χ0v) is 9.74. The summed E-state index contributed by atoms with van der Waals surface area (Å²) in [6.45, 7) is 2.88. The minimum atomic E-state index is 0.611. The second-order valence-corrected chi connectivity index (χ2v) is 5.58. The van der Waals surface area contributed by atoms with E-state index in [0.29, 0.717) is 6.54 Å². The normalized spacial score (nSPS) is 18.2. The van der Waals surface area contributed by atoms with E-state index < -0.39 is 0 Å². The largest absolute Gasteiger partial charge is 0.347 e. The monoisotopic (exact) mass is 229 g/mol. The van der Waals surface area contributed by atoms with Crippen molar-refractivity contribution in [2.24, 2.45) is 5.73 Å². The highest BCUT2D eigenvalue weighted by molar-refractivity contribution is 7.99. The molecule has 0 unspecified atom stereocenters. The van der Waals surface area contributed by atoms with Crippen molar-refractivity contribution in [3.05, 3.63) is 11.1 Å². The van der Waals surface area contributed by atoms with Gasteiger partial charge in [0, 0.05) is 36.5 Å². The van der Waals surface area contributed by atoms with Crippen LogP contribution in [0, 0.1) is 0 Å².